The minimum Gasteiger partial charge on any atom is -0.476 e. The SMILES string of the molecule is O=C(O)c1cc(-c2ccc(C3CCCO3)cc2)on1. The van der Waals surface area contributed by atoms with Crippen molar-refractivity contribution in [2.75, 3.05) is 6.61 Å². The van der Waals surface area contributed by atoms with Crippen molar-refractivity contribution < 1.29 is 19.2 Å². The number of hydrogen-bond donors (Lipinski definition) is 1. The van der Waals surface area contributed by atoms with Crippen LogP contribution >= 0.6 is 0 Å². The maximum Gasteiger partial charge on any atom is 0.358 e. The van der Waals surface area contributed by atoms with Gasteiger partial charge in [0.15, 0.2) is 11.5 Å². The van der Waals surface area contributed by atoms with Crippen molar-refractivity contribution in [1.82, 2.24) is 5.16 Å². The molecule has 0 spiro atoms. The fourth-order valence-electron chi connectivity index (χ4n) is 2.21. The second kappa shape index (κ2) is 4.85. The Kier molecular flexibility index (Phi) is 3.05. The lowest BCUT2D eigenvalue weighted by atomic mass is 10.0. The second-order valence-corrected chi connectivity index (χ2v) is 4.51. The van der Waals surface area contributed by atoms with Crippen LogP contribution < -0.4 is 0 Å². The third-order valence-electron chi connectivity index (χ3n) is 3.23. The van der Waals surface area contributed by atoms with Crippen LogP contribution in [0.2, 0.25) is 0 Å². The van der Waals surface area contributed by atoms with E-state index in [9.17, 15) is 4.79 Å². The van der Waals surface area contributed by atoms with Crippen molar-refractivity contribution in [3.63, 3.8) is 0 Å². The monoisotopic (exact) mass is 259 g/mol. The maximum absolute atomic E-state index is 10.7. The highest BCUT2D eigenvalue weighted by Crippen LogP contribution is 2.30. The molecule has 1 aliphatic heterocycles. The molecule has 5 nitrogen and oxygen atoms in total. The van der Waals surface area contributed by atoms with E-state index in [-0.39, 0.29) is 11.8 Å². The highest BCUT2D eigenvalue weighted by molar-refractivity contribution is 5.86. The number of carboxylic acid groups (broad SMARTS) is 1. The maximum atomic E-state index is 10.7. The average Bonchev–Trinajstić information content (AvgIpc) is 3.11. The van der Waals surface area contributed by atoms with E-state index in [0.29, 0.717) is 5.76 Å². The van der Waals surface area contributed by atoms with Crippen molar-refractivity contribution in [2.45, 2.75) is 18.9 Å². The summed E-state index contributed by atoms with van der Waals surface area (Å²) in [7, 11) is 0. The number of ether oxygens (including phenoxy) is 1. The number of carboxylic acids is 1. The Morgan fingerprint density at radius 2 is 2.11 bits per heavy atom. The molecular weight excluding hydrogens is 246 g/mol. The van der Waals surface area contributed by atoms with E-state index in [1.165, 1.54) is 6.07 Å². The lowest BCUT2D eigenvalue weighted by molar-refractivity contribution is 0.0686. The summed E-state index contributed by atoms with van der Waals surface area (Å²) in [5.41, 5.74) is 1.86. The zero-order chi connectivity index (χ0) is 13.2. The molecule has 0 saturated carbocycles. The van der Waals surface area contributed by atoms with Crippen molar-refractivity contribution in [2.24, 2.45) is 0 Å². The fraction of sp³-hybridized carbons (Fsp3) is 0.286. The van der Waals surface area contributed by atoms with Gasteiger partial charge >= 0.3 is 5.97 Å². The first-order valence-corrected chi connectivity index (χ1v) is 6.16. The molecule has 1 aromatic heterocycles. The molecule has 1 aromatic carbocycles. The van der Waals surface area contributed by atoms with Crippen molar-refractivity contribution in [3.8, 4) is 11.3 Å². The van der Waals surface area contributed by atoms with Gasteiger partial charge in [-0.15, -0.1) is 0 Å². The van der Waals surface area contributed by atoms with Crippen LogP contribution in [0.15, 0.2) is 34.9 Å². The molecular formula is C14H13NO4. The summed E-state index contributed by atoms with van der Waals surface area (Å²) in [4.78, 5) is 10.7. The third kappa shape index (κ3) is 2.37. The Morgan fingerprint density at radius 3 is 2.68 bits per heavy atom. The first-order valence-electron chi connectivity index (χ1n) is 6.16. The normalized spacial score (nSPS) is 18.6. The minimum absolute atomic E-state index is 0.0850. The molecule has 5 heteroatoms. The topological polar surface area (TPSA) is 72.6 Å². The number of aromatic nitrogens is 1. The van der Waals surface area contributed by atoms with Gasteiger partial charge in [-0.25, -0.2) is 4.79 Å². The van der Waals surface area contributed by atoms with Gasteiger partial charge in [-0.1, -0.05) is 29.4 Å². The third-order valence-corrected chi connectivity index (χ3v) is 3.23. The van der Waals surface area contributed by atoms with Crippen molar-refractivity contribution in [1.29, 1.82) is 0 Å². The van der Waals surface area contributed by atoms with Crippen LogP contribution in [0.4, 0.5) is 0 Å². The molecule has 1 unspecified atom stereocenters. The number of aromatic carboxylic acids is 1. The van der Waals surface area contributed by atoms with E-state index in [1.54, 1.807) is 0 Å². The van der Waals surface area contributed by atoms with Gasteiger partial charge in [-0.3, -0.25) is 0 Å². The molecule has 1 saturated heterocycles. The lowest BCUT2D eigenvalue weighted by Gasteiger charge is -2.09. The summed E-state index contributed by atoms with van der Waals surface area (Å²) in [5, 5.41) is 12.3. The van der Waals surface area contributed by atoms with Gasteiger partial charge in [0.05, 0.1) is 6.10 Å². The Bertz CT molecular complexity index is 582. The largest absolute Gasteiger partial charge is 0.476 e. The molecule has 2 aromatic rings. The number of carbonyl (C=O) groups is 1. The molecule has 98 valence electrons. The number of rotatable bonds is 3. The molecule has 0 bridgehead atoms. The Hall–Kier alpha value is -2.14. The van der Waals surface area contributed by atoms with Crippen molar-refractivity contribution in [3.05, 3.63) is 41.6 Å². The zero-order valence-electron chi connectivity index (χ0n) is 10.2. The predicted octanol–water partition coefficient (Wildman–Crippen LogP) is 2.89. The van der Waals surface area contributed by atoms with Crippen LogP contribution in [0.25, 0.3) is 11.3 Å². The summed E-state index contributed by atoms with van der Waals surface area (Å²) in [6.07, 6.45) is 2.32. The Labute approximate surface area is 109 Å². The standard InChI is InChI=1S/C14H13NO4/c16-14(17)11-8-13(19-15-11)10-5-3-9(4-6-10)12-2-1-7-18-12/h3-6,8,12H,1-2,7H2,(H,16,17). The molecule has 1 N–H and O–H groups in total. The van der Waals surface area contributed by atoms with Crippen LogP contribution in [0.5, 0.6) is 0 Å². The molecule has 0 radical (unpaired) electrons. The molecule has 1 aliphatic rings. The highest BCUT2D eigenvalue weighted by Gasteiger charge is 2.18. The smallest absolute Gasteiger partial charge is 0.358 e. The van der Waals surface area contributed by atoms with E-state index >= 15 is 0 Å². The predicted molar refractivity (Wildman–Crippen MR) is 66.8 cm³/mol. The van der Waals surface area contributed by atoms with E-state index in [2.05, 4.69) is 5.16 Å². The molecule has 1 fully saturated rings. The average molecular weight is 259 g/mol. The van der Waals surface area contributed by atoms with E-state index in [4.69, 9.17) is 14.4 Å². The summed E-state index contributed by atoms with van der Waals surface area (Å²) in [6.45, 7) is 0.816. The van der Waals surface area contributed by atoms with Gasteiger partial charge < -0.3 is 14.4 Å². The molecule has 2 heterocycles. The Balaban J connectivity index is 1.82. The molecule has 0 aliphatic carbocycles. The first kappa shape index (κ1) is 11.9. The molecule has 1 atom stereocenters. The number of hydrogen-bond acceptors (Lipinski definition) is 4. The van der Waals surface area contributed by atoms with Gasteiger partial charge in [0.2, 0.25) is 0 Å². The van der Waals surface area contributed by atoms with Crippen molar-refractivity contribution >= 4 is 5.97 Å². The summed E-state index contributed by atoms with van der Waals surface area (Å²) in [6, 6.07) is 9.16. The van der Waals surface area contributed by atoms with Crippen LogP contribution in [-0.4, -0.2) is 22.8 Å². The van der Waals surface area contributed by atoms with E-state index in [0.717, 1.165) is 30.6 Å². The van der Waals surface area contributed by atoms with Gasteiger partial charge in [-0.05, 0) is 18.4 Å². The van der Waals surface area contributed by atoms with Crippen LogP contribution in [0.1, 0.15) is 35.0 Å². The van der Waals surface area contributed by atoms with Crippen LogP contribution in [-0.2, 0) is 4.74 Å². The summed E-state index contributed by atoms with van der Waals surface area (Å²) >= 11 is 0. The molecule has 19 heavy (non-hydrogen) atoms. The fourth-order valence-corrected chi connectivity index (χ4v) is 2.21. The summed E-state index contributed by atoms with van der Waals surface area (Å²) in [5.74, 6) is -0.637. The Morgan fingerprint density at radius 1 is 1.32 bits per heavy atom. The van der Waals surface area contributed by atoms with E-state index in [1.807, 2.05) is 24.3 Å². The van der Waals surface area contributed by atoms with Crippen LogP contribution in [0.3, 0.4) is 0 Å². The quantitative estimate of drug-likeness (QED) is 0.917. The van der Waals surface area contributed by atoms with Gasteiger partial charge in [0, 0.05) is 18.2 Å². The highest BCUT2D eigenvalue weighted by atomic mass is 16.5. The first-order chi connectivity index (χ1) is 9.24. The summed E-state index contributed by atoms with van der Waals surface area (Å²) < 4.78 is 10.6. The number of nitrogens with zero attached hydrogens (tertiary/aromatic N) is 1. The van der Waals surface area contributed by atoms with E-state index < -0.39 is 5.97 Å². The van der Waals surface area contributed by atoms with Gasteiger partial charge in [-0.2, -0.15) is 0 Å². The zero-order valence-corrected chi connectivity index (χ0v) is 10.2. The van der Waals surface area contributed by atoms with Crippen LogP contribution in [0, 0.1) is 0 Å². The minimum atomic E-state index is -1.09. The van der Waals surface area contributed by atoms with Gasteiger partial charge in [0.1, 0.15) is 0 Å². The van der Waals surface area contributed by atoms with Gasteiger partial charge in [0.25, 0.3) is 0 Å². The number of benzene rings is 1. The molecule has 3 rings (SSSR count). The molecule has 0 amide bonds. The second-order valence-electron chi connectivity index (χ2n) is 4.51. The lowest BCUT2D eigenvalue weighted by Crippen LogP contribution is -1.95.